The number of likely N-dealkylation sites (N-methyl/N-ethyl adjacent to an activating group) is 1. The lowest BCUT2D eigenvalue weighted by Gasteiger charge is -2.27. The van der Waals surface area contributed by atoms with Gasteiger partial charge in [-0.2, -0.15) is 0 Å². The summed E-state index contributed by atoms with van der Waals surface area (Å²) in [6.45, 7) is 0.619. The summed E-state index contributed by atoms with van der Waals surface area (Å²) in [6.07, 6.45) is 0.801. The summed E-state index contributed by atoms with van der Waals surface area (Å²) in [5, 5.41) is 0. The molecule has 2 aliphatic heterocycles. The zero-order valence-corrected chi connectivity index (χ0v) is 22.1. The van der Waals surface area contributed by atoms with Crippen molar-refractivity contribution in [3.05, 3.63) is 53.1 Å². The predicted octanol–water partition coefficient (Wildman–Crippen LogP) is 5.35. The second-order valence-corrected chi connectivity index (χ2v) is 10.5. The van der Waals surface area contributed by atoms with E-state index in [0.717, 1.165) is 36.9 Å². The van der Waals surface area contributed by atoms with Crippen LogP contribution in [-0.2, 0) is 27.4 Å². The summed E-state index contributed by atoms with van der Waals surface area (Å²) in [6, 6.07) is 9.61. The minimum atomic E-state index is -4.76. The zero-order chi connectivity index (χ0) is 27.7. The van der Waals surface area contributed by atoms with Crippen molar-refractivity contribution in [2.75, 3.05) is 25.6 Å². The van der Waals surface area contributed by atoms with Crippen LogP contribution >= 0.6 is 0 Å². The van der Waals surface area contributed by atoms with Crippen molar-refractivity contribution in [2.24, 2.45) is 0 Å². The van der Waals surface area contributed by atoms with E-state index in [1.807, 2.05) is 12.1 Å². The standard InChI is InChI=1S/C29H33F3N2O5/c1-33-24(11-12-25(33)28(36)37-2)27(35)34-14-13-20-16-21(8-10-23(20)34)38-17-18-7-9-22(19-5-3-4-6-19)26(15-18)39-29(30,31)32/h7-10,15-16,19,24-25H,3-6,11-14,17H2,1-2H3/t24-,25-/m0/s1. The Labute approximate surface area is 225 Å². The number of carbonyl (C=O) groups is 2. The van der Waals surface area contributed by atoms with Crippen LogP contribution in [0.3, 0.4) is 0 Å². The highest BCUT2D eigenvalue weighted by Crippen LogP contribution is 2.41. The Morgan fingerprint density at radius 2 is 1.74 bits per heavy atom. The molecule has 0 unspecified atom stereocenters. The van der Waals surface area contributed by atoms with Crippen LogP contribution in [0.2, 0.25) is 0 Å². The fraction of sp³-hybridized carbons (Fsp3) is 0.517. The molecule has 7 nitrogen and oxygen atoms in total. The SMILES string of the molecule is COC(=O)[C@@H]1CC[C@@H](C(=O)N2CCc3cc(OCc4ccc(C5CCCC5)c(OC(F)(F)F)c4)ccc32)N1C. The number of halogens is 3. The fourth-order valence-corrected chi connectivity index (χ4v) is 6.16. The highest BCUT2D eigenvalue weighted by Gasteiger charge is 2.42. The maximum Gasteiger partial charge on any atom is 0.573 e. The van der Waals surface area contributed by atoms with Crippen LogP contribution < -0.4 is 14.4 Å². The number of alkyl halides is 3. The van der Waals surface area contributed by atoms with E-state index < -0.39 is 18.4 Å². The van der Waals surface area contributed by atoms with Crippen LogP contribution in [0.25, 0.3) is 0 Å². The Kier molecular flexibility index (Phi) is 7.75. The van der Waals surface area contributed by atoms with Crippen molar-refractivity contribution in [2.45, 2.75) is 75.9 Å². The number of nitrogens with zero attached hydrogens (tertiary/aromatic N) is 2. The predicted molar refractivity (Wildman–Crippen MR) is 138 cm³/mol. The smallest absolute Gasteiger partial charge is 0.489 e. The van der Waals surface area contributed by atoms with Crippen molar-refractivity contribution in [3.63, 3.8) is 0 Å². The Morgan fingerprint density at radius 1 is 1.00 bits per heavy atom. The summed E-state index contributed by atoms with van der Waals surface area (Å²) in [7, 11) is 3.12. The van der Waals surface area contributed by atoms with Gasteiger partial charge in [-0.15, -0.1) is 13.2 Å². The highest BCUT2D eigenvalue weighted by atomic mass is 19.4. The average molecular weight is 547 g/mol. The van der Waals surface area contributed by atoms with E-state index in [0.29, 0.717) is 42.7 Å². The zero-order valence-electron chi connectivity index (χ0n) is 22.1. The van der Waals surface area contributed by atoms with E-state index in [2.05, 4.69) is 4.74 Å². The Morgan fingerprint density at radius 3 is 2.46 bits per heavy atom. The van der Waals surface area contributed by atoms with Crippen molar-refractivity contribution < 1.29 is 37.0 Å². The number of ether oxygens (including phenoxy) is 3. The largest absolute Gasteiger partial charge is 0.573 e. The lowest BCUT2D eigenvalue weighted by molar-refractivity contribution is -0.275. The molecule has 2 aromatic rings. The molecule has 0 spiro atoms. The molecule has 39 heavy (non-hydrogen) atoms. The summed E-state index contributed by atoms with van der Waals surface area (Å²) in [4.78, 5) is 28.9. The first-order valence-electron chi connectivity index (χ1n) is 13.4. The first-order chi connectivity index (χ1) is 18.6. The van der Waals surface area contributed by atoms with Gasteiger partial charge in [0.25, 0.3) is 0 Å². The molecule has 1 aliphatic carbocycles. The number of carbonyl (C=O) groups excluding carboxylic acids is 2. The minimum Gasteiger partial charge on any atom is -0.489 e. The Bertz CT molecular complexity index is 1230. The van der Waals surface area contributed by atoms with Gasteiger partial charge in [-0.05, 0) is 86.0 Å². The van der Waals surface area contributed by atoms with Gasteiger partial charge >= 0.3 is 12.3 Å². The summed E-state index contributed by atoms with van der Waals surface area (Å²) in [5.41, 5.74) is 2.95. The van der Waals surface area contributed by atoms with Crippen LogP contribution in [0.1, 0.15) is 61.1 Å². The van der Waals surface area contributed by atoms with Crippen molar-refractivity contribution in [1.29, 1.82) is 0 Å². The maximum absolute atomic E-state index is 13.3. The molecular weight excluding hydrogens is 513 g/mol. The minimum absolute atomic E-state index is 0.0455. The molecule has 1 saturated carbocycles. The molecular formula is C29H33F3N2O5. The van der Waals surface area contributed by atoms with E-state index in [4.69, 9.17) is 9.47 Å². The topological polar surface area (TPSA) is 68.3 Å². The van der Waals surface area contributed by atoms with Crippen LogP contribution in [0.5, 0.6) is 11.5 Å². The third-order valence-corrected chi connectivity index (χ3v) is 8.17. The van der Waals surface area contributed by atoms with Crippen LogP contribution in [0.15, 0.2) is 36.4 Å². The number of amides is 1. The van der Waals surface area contributed by atoms with Gasteiger partial charge in [-0.1, -0.05) is 25.0 Å². The van der Waals surface area contributed by atoms with Gasteiger partial charge in [0.1, 0.15) is 24.1 Å². The van der Waals surface area contributed by atoms with Gasteiger partial charge in [0.15, 0.2) is 0 Å². The number of methoxy groups -OCH3 is 1. The number of esters is 1. The third-order valence-electron chi connectivity index (χ3n) is 8.17. The molecule has 2 aromatic carbocycles. The lowest BCUT2D eigenvalue weighted by atomic mass is 9.95. The second kappa shape index (κ2) is 11.1. The van der Waals surface area contributed by atoms with E-state index in [9.17, 15) is 22.8 Å². The Balaban J connectivity index is 1.25. The molecule has 2 heterocycles. The number of rotatable bonds is 7. The number of hydrogen-bond acceptors (Lipinski definition) is 6. The molecule has 2 atom stereocenters. The molecule has 3 aliphatic rings. The third kappa shape index (κ3) is 5.85. The molecule has 0 N–H and O–H groups in total. The summed E-state index contributed by atoms with van der Waals surface area (Å²) >= 11 is 0. The quantitative estimate of drug-likeness (QED) is 0.437. The molecule has 10 heteroatoms. The van der Waals surface area contributed by atoms with Crippen LogP contribution in [0, 0.1) is 0 Å². The van der Waals surface area contributed by atoms with Crippen molar-refractivity contribution in [3.8, 4) is 11.5 Å². The number of anilines is 1. The van der Waals surface area contributed by atoms with Crippen LogP contribution in [0.4, 0.5) is 18.9 Å². The highest BCUT2D eigenvalue weighted by molar-refractivity contribution is 5.99. The van der Waals surface area contributed by atoms with Gasteiger partial charge in [0, 0.05) is 12.2 Å². The van der Waals surface area contributed by atoms with E-state index in [1.54, 1.807) is 35.0 Å². The summed E-state index contributed by atoms with van der Waals surface area (Å²) in [5.74, 6) is 0.127. The van der Waals surface area contributed by atoms with Gasteiger partial charge in [0.05, 0.1) is 13.2 Å². The lowest BCUT2D eigenvalue weighted by Crippen LogP contribution is -2.47. The van der Waals surface area contributed by atoms with Crippen molar-refractivity contribution >= 4 is 17.6 Å². The normalized spacial score (nSPS) is 21.7. The van der Waals surface area contributed by atoms with Crippen LogP contribution in [-0.4, -0.2) is 55.9 Å². The monoisotopic (exact) mass is 546 g/mol. The second-order valence-electron chi connectivity index (χ2n) is 10.5. The first-order valence-corrected chi connectivity index (χ1v) is 13.4. The van der Waals surface area contributed by atoms with E-state index in [-0.39, 0.29) is 30.2 Å². The number of benzene rings is 2. The van der Waals surface area contributed by atoms with Gasteiger partial charge < -0.3 is 19.1 Å². The Hall–Kier alpha value is -3.27. The molecule has 5 rings (SSSR count). The molecule has 1 saturated heterocycles. The van der Waals surface area contributed by atoms with Crippen molar-refractivity contribution in [1.82, 2.24) is 4.90 Å². The van der Waals surface area contributed by atoms with Gasteiger partial charge in [0.2, 0.25) is 5.91 Å². The van der Waals surface area contributed by atoms with Gasteiger partial charge in [-0.25, -0.2) is 0 Å². The number of fused-ring (bicyclic) bond motifs is 1. The summed E-state index contributed by atoms with van der Waals surface area (Å²) < 4.78 is 54.5. The molecule has 0 bridgehead atoms. The molecule has 2 fully saturated rings. The molecule has 0 aromatic heterocycles. The molecule has 1 amide bonds. The molecule has 210 valence electrons. The maximum atomic E-state index is 13.3. The number of likely N-dealkylation sites (tertiary alicyclic amines) is 1. The molecule has 0 radical (unpaired) electrons. The number of hydrogen-bond donors (Lipinski definition) is 0. The fourth-order valence-electron chi connectivity index (χ4n) is 6.16. The average Bonchev–Trinajstić information content (AvgIpc) is 3.66. The van der Waals surface area contributed by atoms with Gasteiger partial charge in [-0.3, -0.25) is 14.5 Å². The van der Waals surface area contributed by atoms with E-state index in [1.165, 1.54) is 13.2 Å². The van der Waals surface area contributed by atoms with E-state index >= 15 is 0 Å². The first kappa shape index (κ1) is 27.3.